The zero-order valence-electron chi connectivity index (χ0n) is 20.0. The Balaban J connectivity index is 1.64. The molecule has 1 aliphatic rings. The van der Waals surface area contributed by atoms with E-state index in [1.807, 2.05) is 20.8 Å². The van der Waals surface area contributed by atoms with Gasteiger partial charge in [-0.1, -0.05) is 30.1 Å². The van der Waals surface area contributed by atoms with Crippen LogP contribution >= 0.6 is 23.2 Å². The van der Waals surface area contributed by atoms with Crippen molar-refractivity contribution in [1.82, 2.24) is 20.3 Å². The largest absolute Gasteiger partial charge is 0.449 e. The van der Waals surface area contributed by atoms with Crippen LogP contribution in [0.2, 0.25) is 10.2 Å². The van der Waals surface area contributed by atoms with E-state index in [0.717, 1.165) is 12.8 Å². The van der Waals surface area contributed by atoms with E-state index in [2.05, 4.69) is 37.4 Å². The number of piperidine rings is 1. The van der Waals surface area contributed by atoms with Crippen LogP contribution in [0.25, 0.3) is 0 Å². The summed E-state index contributed by atoms with van der Waals surface area (Å²) in [6.45, 7) is 9.55. The Bertz CT molecular complexity index is 1070. The predicted octanol–water partition coefficient (Wildman–Crippen LogP) is 4.58. The third-order valence-electron chi connectivity index (χ3n) is 5.63. The van der Waals surface area contributed by atoms with E-state index in [1.54, 1.807) is 13.2 Å². The molecule has 0 unspecified atom stereocenters. The number of hydrogen-bond acceptors (Lipinski definition) is 8. The highest BCUT2D eigenvalue weighted by atomic mass is 35.5. The van der Waals surface area contributed by atoms with Gasteiger partial charge < -0.3 is 20.3 Å². The Kier molecular flexibility index (Phi) is 7.88. The van der Waals surface area contributed by atoms with Crippen LogP contribution in [-0.2, 0) is 4.74 Å². The highest BCUT2D eigenvalue weighted by molar-refractivity contribution is 6.38. The quantitative estimate of drug-likeness (QED) is 0.545. The molecule has 0 aliphatic carbocycles. The van der Waals surface area contributed by atoms with E-state index in [-0.39, 0.29) is 32.4 Å². The van der Waals surface area contributed by atoms with E-state index in [9.17, 15) is 9.59 Å². The van der Waals surface area contributed by atoms with Crippen molar-refractivity contribution in [1.29, 1.82) is 0 Å². The van der Waals surface area contributed by atoms with Crippen LogP contribution in [0.5, 0.6) is 0 Å². The molecule has 2 aromatic rings. The van der Waals surface area contributed by atoms with Crippen molar-refractivity contribution in [3.8, 4) is 0 Å². The lowest BCUT2D eigenvalue weighted by molar-refractivity contribution is 0.0715. The van der Waals surface area contributed by atoms with Gasteiger partial charge in [-0.15, -0.1) is 0 Å². The third kappa shape index (κ3) is 6.27. The van der Waals surface area contributed by atoms with Crippen LogP contribution < -0.4 is 15.5 Å². The normalized spacial score (nSPS) is 15.6. The van der Waals surface area contributed by atoms with Gasteiger partial charge in [-0.3, -0.25) is 4.79 Å². The van der Waals surface area contributed by atoms with E-state index < -0.39 is 11.9 Å². The molecule has 184 valence electrons. The molecule has 0 aromatic carbocycles. The highest BCUT2D eigenvalue weighted by Crippen LogP contribution is 2.33. The fourth-order valence-electron chi connectivity index (χ4n) is 3.59. The smallest absolute Gasteiger partial charge is 0.407 e. The van der Waals surface area contributed by atoms with Gasteiger partial charge in [-0.25, -0.2) is 19.7 Å². The standard InChI is InChI=1S/C23H30Cl2N6O3/c1-22(2,3)30-21(33)34-13-23(4)7-10-31(11-8-23)15-12-28-17(19(25)29-15)18(32)14-6-9-27-20(26-5)16(14)24/h6,9,12H,7-8,10-11,13H2,1-5H3,(H,26,27)(H,30,33). The Hall–Kier alpha value is -2.65. The van der Waals surface area contributed by atoms with Crippen LogP contribution in [-0.4, -0.2) is 59.1 Å². The maximum absolute atomic E-state index is 13.0. The van der Waals surface area contributed by atoms with E-state index >= 15 is 0 Å². The molecule has 0 atom stereocenters. The second kappa shape index (κ2) is 10.3. The number of anilines is 2. The van der Waals surface area contributed by atoms with Crippen LogP contribution in [0.1, 0.15) is 56.6 Å². The van der Waals surface area contributed by atoms with Gasteiger partial charge in [0, 0.05) is 42.9 Å². The van der Waals surface area contributed by atoms with Crippen molar-refractivity contribution in [2.24, 2.45) is 5.41 Å². The minimum absolute atomic E-state index is 0.0110. The molecule has 1 aliphatic heterocycles. The minimum Gasteiger partial charge on any atom is -0.449 e. The van der Waals surface area contributed by atoms with Crippen LogP contribution in [0.4, 0.5) is 16.4 Å². The Morgan fingerprint density at radius 2 is 1.88 bits per heavy atom. The molecule has 3 rings (SSSR count). The molecule has 1 saturated heterocycles. The van der Waals surface area contributed by atoms with Gasteiger partial charge in [0.2, 0.25) is 5.78 Å². The summed E-state index contributed by atoms with van der Waals surface area (Å²) in [6.07, 6.45) is 4.22. The highest BCUT2D eigenvalue weighted by Gasteiger charge is 2.33. The number of pyridine rings is 1. The lowest BCUT2D eigenvalue weighted by Crippen LogP contribution is -2.45. The predicted molar refractivity (Wildman–Crippen MR) is 133 cm³/mol. The lowest BCUT2D eigenvalue weighted by Gasteiger charge is -2.39. The van der Waals surface area contributed by atoms with Crippen molar-refractivity contribution < 1.29 is 14.3 Å². The van der Waals surface area contributed by atoms with Gasteiger partial charge in [-0.05, 0) is 39.7 Å². The first-order chi connectivity index (χ1) is 15.9. The van der Waals surface area contributed by atoms with Gasteiger partial charge in [0.25, 0.3) is 0 Å². The zero-order valence-corrected chi connectivity index (χ0v) is 21.5. The maximum Gasteiger partial charge on any atom is 0.407 e. The Morgan fingerprint density at radius 3 is 2.47 bits per heavy atom. The molecule has 0 spiro atoms. The van der Waals surface area contributed by atoms with Crippen molar-refractivity contribution in [3.63, 3.8) is 0 Å². The summed E-state index contributed by atoms with van der Waals surface area (Å²) in [5, 5.41) is 5.85. The zero-order chi connectivity index (χ0) is 25.1. The first-order valence-corrected chi connectivity index (χ1v) is 11.8. The van der Waals surface area contributed by atoms with Gasteiger partial charge in [-0.2, -0.15) is 0 Å². The van der Waals surface area contributed by atoms with E-state index in [4.69, 9.17) is 27.9 Å². The second-order valence-corrected chi connectivity index (χ2v) is 10.5. The summed E-state index contributed by atoms with van der Waals surface area (Å²) in [5.74, 6) is 0.557. The van der Waals surface area contributed by atoms with Gasteiger partial charge in [0.1, 0.15) is 17.3 Å². The second-order valence-electron chi connectivity index (χ2n) is 9.72. The Labute approximate surface area is 209 Å². The molecule has 0 bridgehead atoms. The number of aromatic nitrogens is 3. The molecule has 1 amide bonds. The van der Waals surface area contributed by atoms with E-state index in [0.29, 0.717) is 31.3 Å². The molecule has 3 heterocycles. The number of ether oxygens (including phenoxy) is 1. The van der Waals surface area contributed by atoms with Crippen LogP contribution in [0, 0.1) is 5.41 Å². The third-order valence-corrected chi connectivity index (χ3v) is 6.27. The number of nitrogens with one attached hydrogen (secondary N) is 2. The van der Waals surface area contributed by atoms with Crippen molar-refractivity contribution in [2.45, 2.75) is 46.1 Å². The van der Waals surface area contributed by atoms with Crippen molar-refractivity contribution in [2.75, 3.05) is 37.0 Å². The number of carbonyl (C=O) groups excluding carboxylic acids is 2. The molecule has 34 heavy (non-hydrogen) atoms. The van der Waals surface area contributed by atoms with Crippen LogP contribution in [0.3, 0.4) is 0 Å². The average Bonchev–Trinajstić information content (AvgIpc) is 2.77. The van der Waals surface area contributed by atoms with Crippen molar-refractivity contribution in [3.05, 3.63) is 39.9 Å². The summed E-state index contributed by atoms with van der Waals surface area (Å²) in [6, 6.07) is 1.52. The van der Waals surface area contributed by atoms with Gasteiger partial charge in [0.15, 0.2) is 5.15 Å². The summed E-state index contributed by atoms with van der Waals surface area (Å²) >= 11 is 12.6. The molecule has 2 N–H and O–H groups in total. The minimum atomic E-state index is -0.426. The molecule has 1 fully saturated rings. The monoisotopic (exact) mass is 508 g/mol. The van der Waals surface area contributed by atoms with E-state index in [1.165, 1.54) is 12.3 Å². The Morgan fingerprint density at radius 1 is 1.21 bits per heavy atom. The molecule has 0 saturated carbocycles. The molecule has 2 aromatic heterocycles. The lowest BCUT2D eigenvalue weighted by atomic mass is 9.81. The number of ketones is 1. The average molecular weight is 509 g/mol. The summed E-state index contributed by atoms with van der Waals surface area (Å²) in [7, 11) is 1.67. The fraction of sp³-hybridized carbons (Fsp3) is 0.522. The molecule has 11 heteroatoms. The SMILES string of the molecule is CNc1nccc(C(=O)c2ncc(N3CCC(C)(COC(=O)NC(C)(C)C)CC3)nc2Cl)c1Cl. The van der Waals surface area contributed by atoms with Crippen molar-refractivity contribution >= 4 is 46.7 Å². The molecule has 0 radical (unpaired) electrons. The number of halogens is 2. The van der Waals surface area contributed by atoms with Crippen LogP contribution in [0.15, 0.2) is 18.5 Å². The van der Waals surface area contributed by atoms with Gasteiger partial charge in [0.05, 0.1) is 17.8 Å². The summed E-state index contributed by atoms with van der Waals surface area (Å²) in [5.41, 5.74) is -0.206. The number of alkyl carbamates (subject to hydrolysis) is 1. The number of rotatable bonds is 6. The molecular formula is C23H30Cl2N6O3. The molecule has 9 nitrogen and oxygen atoms in total. The number of amides is 1. The summed E-state index contributed by atoms with van der Waals surface area (Å²) in [4.78, 5) is 39.8. The number of carbonyl (C=O) groups is 2. The topological polar surface area (TPSA) is 109 Å². The molecular weight excluding hydrogens is 479 g/mol. The number of nitrogens with zero attached hydrogens (tertiary/aromatic N) is 4. The maximum atomic E-state index is 13.0. The first kappa shape index (κ1) is 26.0. The summed E-state index contributed by atoms with van der Waals surface area (Å²) < 4.78 is 5.46. The first-order valence-electron chi connectivity index (χ1n) is 11.0. The number of hydrogen-bond donors (Lipinski definition) is 2. The fourth-order valence-corrected chi connectivity index (χ4v) is 4.10. The van der Waals surface area contributed by atoms with Gasteiger partial charge >= 0.3 is 6.09 Å².